The number of hydrogen-bond donors (Lipinski definition) is 2. The van der Waals surface area contributed by atoms with Crippen molar-refractivity contribution in [1.82, 2.24) is 0 Å². The third kappa shape index (κ3) is 8.40. The fraction of sp³-hybridized carbons (Fsp3) is 0.415. The zero-order valence-corrected chi connectivity index (χ0v) is 30.7. The number of benzene rings is 4. The van der Waals surface area contributed by atoms with Gasteiger partial charge in [-0.25, -0.2) is 0 Å². The lowest BCUT2D eigenvalue weighted by molar-refractivity contribution is 0.0449. The van der Waals surface area contributed by atoms with Crippen LogP contribution < -0.4 is 37.9 Å². The van der Waals surface area contributed by atoms with E-state index in [4.69, 9.17) is 37.9 Å². The van der Waals surface area contributed by atoms with Gasteiger partial charge in [0.1, 0.15) is 24.4 Å². The highest BCUT2D eigenvalue weighted by Gasteiger charge is 2.30. The first-order valence-corrected chi connectivity index (χ1v) is 17.1. The zero-order chi connectivity index (χ0) is 36.7. The molecule has 6 unspecified atom stereocenters. The summed E-state index contributed by atoms with van der Waals surface area (Å²) in [6, 6.07) is 22.7. The van der Waals surface area contributed by atoms with Crippen LogP contribution in [0, 0.1) is 0 Å². The fourth-order valence-corrected chi connectivity index (χ4v) is 6.80. The third-order valence-corrected chi connectivity index (χ3v) is 9.76. The second kappa shape index (κ2) is 16.9. The Morgan fingerprint density at radius 1 is 0.451 bits per heavy atom. The first-order valence-electron chi connectivity index (χ1n) is 17.1. The maximum atomic E-state index is 11.1. The Morgan fingerprint density at radius 3 is 1.14 bits per heavy atom. The van der Waals surface area contributed by atoms with Gasteiger partial charge in [-0.05, 0) is 116 Å². The molecule has 4 aromatic rings. The molecule has 5 rings (SSSR count). The number of aliphatic hydroxyl groups excluding tert-OH is 2. The number of methoxy groups -OCH3 is 6. The van der Waals surface area contributed by atoms with E-state index in [9.17, 15) is 10.2 Å². The van der Waals surface area contributed by atoms with E-state index in [0.29, 0.717) is 69.0 Å². The molecule has 0 bridgehead atoms. The van der Waals surface area contributed by atoms with Crippen LogP contribution >= 0.6 is 0 Å². The first-order chi connectivity index (χ1) is 24.6. The molecule has 0 spiro atoms. The van der Waals surface area contributed by atoms with Gasteiger partial charge >= 0.3 is 0 Å². The molecule has 0 radical (unpaired) electrons. The Bertz CT molecular complexity index is 1630. The van der Waals surface area contributed by atoms with Crippen LogP contribution in [0.2, 0.25) is 0 Å². The van der Waals surface area contributed by atoms with Gasteiger partial charge in [-0.3, -0.25) is 0 Å². The van der Waals surface area contributed by atoms with Gasteiger partial charge in [-0.2, -0.15) is 0 Å². The number of aliphatic hydroxyl groups is 2. The van der Waals surface area contributed by atoms with Gasteiger partial charge < -0.3 is 48.1 Å². The maximum absolute atomic E-state index is 11.1. The van der Waals surface area contributed by atoms with E-state index >= 15 is 0 Å². The van der Waals surface area contributed by atoms with E-state index < -0.39 is 24.4 Å². The van der Waals surface area contributed by atoms with E-state index in [-0.39, 0.29) is 0 Å². The standard InChI is InChI=1S/C41H50O10/c1-24(40(42)30-13-15-32(44-3)36(22-30)46-5)50-34-17-11-28(20-38(34)48-7)26-9-10-27(19-26)29-12-18-35(39(21-29)49-8)51-25(2)41(43)31-14-16-33(45-4)37(23-31)47-6/h11-18,20-27,40-43H,9-10,19H2,1-8H3. The fourth-order valence-electron chi connectivity index (χ4n) is 6.80. The molecule has 4 aromatic carbocycles. The van der Waals surface area contributed by atoms with E-state index in [1.54, 1.807) is 79.1 Å². The number of ether oxygens (including phenoxy) is 8. The second-order valence-corrected chi connectivity index (χ2v) is 12.8. The first kappa shape index (κ1) is 37.5. The normalized spacial score (nSPS) is 17.8. The van der Waals surface area contributed by atoms with Gasteiger partial charge in [0.2, 0.25) is 0 Å². The maximum Gasteiger partial charge on any atom is 0.161 e. The van der Waals surface area contributed by atoms with Crippen molar-refractivity contribution in [3.8, 4) is 46.0 Å². The summed E-state index contributed by atoms with van der Waals surface area (Å²) in [6.45, 7) is 3.64. The topological polar surface area (TPSA) is 114 Å². The molecule has 2 N–H and O–H groups in total. The summed E-state index contributed by atoms with van der Waals surface area (Å²) in [5.74, 6) is 5.31. The second-order valence-electron chi connectivity index (χ2n) is 12.8. The molecule has 0 amide bonds. The molecule has 51 heavy (non-hydrogen) atoms. The van der Waals surface area contributed by atoms with Crippen molar-refractivity contribution in [3.63, 3.8) is 0 Å². The predicted octanol–water partition coefficient (Wildman–Crippen LogP) is 7.79. The monoisotopic (exact) mass is 702 g/mol. The Hall–Kier alpha value is -4.80. The molecule has 0 aliphatic heterocycles. The van der Waals surface area contributed by atoms with Crippen LogP contribution in [0.15, 0.2) is 72.8 Å². The Labute approximate surface area is 300 Å². The molecule has 0 heterocycles. The predicted molar refractivity (Wildman–Crippen MR) is 195 cm³/mol. The summed E-state index contributed by atoms with van der Waals surface area (Å²) >= 11 is 0. The van der Waals surface area contributed by atoms with Gasteiger partial charge in [0, 0.05) is 0 Å². The molecule has 1 saturated carbocycles. The van der Waals surface area contributed by atoms with Crippen molar-refractivity contribution in [2.24, 2.45) is 0 Å². The molecule has 6 atom stereocenters. The van der Waals surface area contributed by atoms with Gasteiger partial charge in [0.15, 0.2) is 46.0 Å². The lowest BCUT2D eigenvalue weighted by Gasteiger charge is -2.24. The highest BCUT2D eigenvalue weighted by Crippen LogP contribution is 2.47. The minimum Gasteiger partial charge on any atom is -0.493 e. The minimum absolute atomic E-state index is 0.339. The smallest absolute Gasteiger partial charge is 0.161 e. The van der Waals surface area contributed by atoms with Crippen molar-refractivity contribution in [3.05, 3.63) is 95.1 Å². The summed E-state index contributed by atoms with van der Waals surface area (Å²) in [6.07, 6.45) is 0.106. The van der Waals surface area contributed by atoms with E-state index in [1.165, 1.54) is 11.1 Å². The number of hydrogen-bond acceptors (Lipinski definition) is 10. The Kier molecular flexibility index (Phi) is 12.4. The van der Waals surface area contributed by atoms with Gasteiger partial charge in [0.25, 0.3) is 0 Å². The van der Waals surface area contributed by atoms with Crippen LogP contribution in [0.3, 0.4) is 0 Å². The number of rotatable bonds is 16. The lowest BCUT2D eigenvalue weighted by Crippen LogP contribution is -2.22. The minimum atomic E-state index is -0.899. The van der Waals surface area contributed by atoms with E-state index in [1.807, 2.05) is 38.1 Å². The van der Waals surface area contributed by atoms with Gasteiger partial charge in [-0.15, -0.1) is 0 Å². The molecule has 1 fully saturated rings. The Morgan fingerprint density at radius 2 is 0.784 bits per heavy atom. The largest absolute Gasteiger partial charge is 0.493 e. The summed E-state index contributed by atoms with van der Waals surface area (Å²) in [5, 5.41) is 22.1. The molecule has 0 aromatic heterocycles. The molecule has 10 nitrogen and oxygen atoms in total. The van der Waals surface area contributed by atoms with Crippen molar-refractivity contribution < 1.29 is 48.1 Å². The summed E-state index contributed by atoms with van der Waals surface area (Å²) < 4.78 is 45.4. The molecule has 0 saturated heterocycles. The SMILES string of the molecule is COc1ccc(C(O)C(C)Oc2ccc(C3CCC(c4ccc(OC(C)C(O)c5ccc(OC)c(OC)c5)c(OC)c4)C3)cc2OC)cc1OC. The van der Waals surface area contributed by atoms with Crippen LogP contribution in [0.5, 0.6) is 46.0 Å². The van der Waals surface area contributed by atoms with Crippen LogP contribution in [-0.4, -0.2) is 65.1 Å². The van der Waals surface area contributed by atoms with Gasteiger partial charge in [-0.1, -0.05) is 24.3 Å². The van der Waals surface area contributed by atoms with Crippen LogP contribution in [0.25, 0.3) is 0 Å². The highest BCUT2D eigenvalue weighted by molar-refractivity contribution is 5.48. The Balaban J connectivity index is 1.23. The lowest BCUT2D eigenvalue weighted by atomic mass is 9.92. The van der Waals surface area contributed by atoms with Crippen molar-refractivity contribution in [2.75, 3.05) is 42.7 Å². The van der Waals surface area contributed by atoms with Crippen LogP contribution in [0.1, 0.15) is 79.4 Å². The molecule has 1 aliphatic rings. The van der Waals surface area contributed by atoms with E-state index in [2.05, 4.69) is 12.1 Å². The molecule has 1 aliphatic carbocycles. The summed E-state index contributed by atoms with van der Waals surface area (Å²) in [4.78, 5) is 0. The van der Waals surface area contributed by atoms with Crippen LogP contribution in [-0.2, 0) is 0 Å². The van der Waals surface area contributed by atoms with E-state index in [0.717, 1.165) is 19.3 Å². The molecule has 10 heteroatoms. The molecule has 274 valence electrons. The van der Waals surface area contributed by atoms with Crippen LogP contribution in [0.4, 0.5) is 0 Å². The quantitative estimate of drug-likeness (QED) is 0.120. The van der Waals surface area contributed by atoms with Crippen molar-refractivity contribution >= 4 is 0 Å². The van der Waals surface area contributed by atoms with Crippen molar-refractivity contribution in [2.45, 2.75) is 69.4 Å². The highest BCUT2D eigenvalue weighted by atomic mass is 16.5. The molecular formula is C41H50O10. The molecular weight excluding hydrogens is 652 g/mol. The summed E-state index contributed by atoms with van der Waals surface area (Å²) in [7, 11) is 9.53. The zero-order valence-electron chi connectivity index (χ0n) is 30.7. The van der Waals surface area contributed by atoms with Gasteiger partial charge in [0.05, 0.1) is 42.7 Å². The third-order valence-electron chi connectivity index (χ3n) is 9.76. The average Bonchev–Trinajstić information content (AvgIpc) is 3.67. The van der Waals surface area contributed by atoms with Crippen molar-refractivity contribution in [1.29, 1.82) is 0 Å². The summed E-state index contributed by atoms with van der Waals surface area (Å²) in [5.41, 5.74) is 3.68. The average molecular weight is 703 g/mol.